The topological polar surface area (TPSA) is 84.9 Å². The van der Waals surface area contributed by atoms with Crippen molar-refractivity contribution in [1.29, 1.82) is 0 Å². The molecule has 7 nitrogen and oxygen atoms in total. The van der Waals surface area contributed by atoms with Crippen LogP contribution in [0.5, 0.6) is 0 Å². The Morgan fingerprint density at radius 3 is 2.48 bits per heavy atom. The van der Waals surface area contributed by atoms with Gasteiger partial charge in [0.2, 0.25) is 5.91 Å². The van der Waals surface area contributed by atoms with Gasteiger partial charge in [0.25, 0.3) is 5.91 Å². The van der Waals surface area contributed by atoms with E-state index in [0.717, 1.165) is 16.7 Å². The molecule has 1 heterocycles. The van der Waals surface area contributed by atoms with Crippen molar-refractivity contribution in [3.05, 3.63) is 53.6 Å². The van der Waals surface area contributed by atoms with E-state index in [-0.39, 0.29) is 24.3 Å². The molecule has 0 bridgehead atoms. The highest BCUT2D eigenvalue weighted by atomic mass is 16.5. The minimum Gasteiger partial charge on any atom is -0.467 e. The molecule has 1 unspecified atom stereocenters. The zero-order valence-corrected chi connectivity index (χ0v) is 18.3. The van der Waals surface area contributed by atoms with Crippen LogP contribution in [0.1, 0.15) is 35.7 Å². The number of ether oxygens (including phenoxy) is 2. The van der Waals surface area contributed by atoms with Gasteiger partial charge >= 0.3 is 5.97 Å². The number of carbonyl (C=O) groups excluding carboxylic acids is 3. The number of rotatable bonds is 7. The van der Waals surface area contributed by atoms with Gasteiger partial charge in [-0.3, -0.25) is 14.5 Å². The maximum absolute atomic E-state index is 12.9. The fourth-order valence-corrected chi connectivity index (χ4v) is 3.76. The molecular weight excluding hydrogens is 396 g/mol. The van der Waals surface area contributed by atoms with Crippen molar-refractivity contribution in [2.24, 2.45) is 0 Å². The third-order valence-corrected chi connectivity index (χ3v) is 5.32. The summed E-state index contributed by atoms with van der Waals surface area (Å²) in [5.74, 6) is -0.914. The lowest BCUT2D eigenvalue weighted by molar-refractivity contribution is -0.142. The Bertz CT molecular complexity index is 970. The molecule has 2 aromatic carbocycles. The zero-order chi connectivity index (χ0) is 22.5. The van der Waals surface area contributed by atoms with Crippen LogP contribution in [0.2, 0.25) is 0 Å². The minimum atomic E-state index is -0.700. The van der Waals surface area contributed by atoms with Crippen molar-refractivity contribution in [3.8, 4) is 11.1 Å². The molecule has 3 rings (SSSR count). The molecule has 1 fully saturated rings. The number of nitrogens with one attached hydrogen (secondary N) is 1. The van der Waals surface area contributed by atoms with Crippen LogP contribution in [0.4, 0.5) is 5.69 Å². The van der Waals surface area contributed by atoms with Crippen LogP contribution >= 0.6 is 0 Å². The number of amides is 2. The number of anilines is 1. The lowest BCUT2D eigenvalue weighted by Gasteiger charge is -2.24. The number of benzene rings is 2. The van der Waals surface area contributed by atoms with Gasteiger partial charge in [0.05, 0.1) is 13.7 Å². The second-order valence-corrected chi connectivity index (χ2v) is 7.81. The van der Waals surface area contributed by atoms with E-state index in [4.69, 9.17) is 9.47 Å². The van der Waals surface area contributed by atoms with Gasteiger partial charge in [0.1, 0.15) is 6.04 Å². The fourth-order valence-electron chi connectivity index (χ4n) is 3.76. The van der Waals surface area contributed by atoms with E-state index < -0.39 is 12.0 Å². The highest BCUT2D eigenvalue weighted by molar-refractivity contribution is 6.05. The Balaban J connectivity index is 2.06. The molecule has 2 atom stereocenters. The first-order valence-electron chi connectivity index (χ1n) is 10.3. The lowest BCUT2D eigenvalue weighted by Crippen LogP contribution is -2.40. The van der Waals surface area contributed by atoms with Crippen LogP contribution in [0.3, 0.4) is 0 Å². The van der Waals surface area contributed by atoms with Gasteiger partial charge in [-0.15, -0.1) is 0 Å². The number of carbonyl (C=O) groups is 3. The van der Waals surface area contributed by atoms with Crippen LogP contribution in [-0.2, 0) is 19.1 Å². The molecule has 0 aromatic heterocycles. The smallest absolute Gasteiger partial charge is 0.328 e. The summed E-state index contributed by atoms with van der Waals surface area (Å²) in [6.45, 7) is 4.23. The lowest BCUT2D eigenvalue weighted by atomic mass is 9.99. The summed E-state index contributed by atoms with van der Waals surface area (Å²) in [6.07, 6.45) is 0.633. The molecule has 7 heteroatoms. The molecule has 0 radical (unpaired) electrons. The molecule has 2 aromatic rings. The second kappa shape index (κ2) is 9.75. The Kier molecular flexibility index (Phi) is 7.07. The number of methoxy groups -OCH3 is 2. The van der Waals surface area contributed by atoms with Gasteiger partial charge in [0.15, 0.2) is 0 Å². The normalized spacial score (nSPS) is 16.8. The van der Waals surface area contributed by atoms with E-state index in [9.17, 15) is 14.4 Å². The third kappa shape index (κ3) is 5.11. The summed E-state index contributed by atoms with van der Waals surface area (Å²) in [7, 11) is 2.88. The molecule has 0 spiro atoms. The maximum atomic E-state index is 12.9. The summed E-state index contributed by atoms with van der Waals surface area (Å²) in [5.41, 5.74) is 3.71. The van der Waals surface area contributed by atoms with Crippen LogP contribution in [0, 0.1) is 6.92 Å². The quantitative estimate of drug-likeness (QED) is 0.691. The van der Waals surface area contributed by atoms with Crippen molar-refractivity contribution in [2.75, 3.05) is 25.7 Å². The summed E-state index contributed by atoms with van der Waals surface area (Å²) in [6, 6.07) is 12.3. The van der Waals surface area contributed by atoms with Crippen molar-refractivity contribution in [1.82, 2.24) is 5.32 Å². The molecular formula is C24H28N2O5. The molecule has 164 valence electrons. The zero-order valence-electron chi connectivity index (χ0n) is 18.3. The Morgan fingerprint density at radius 1 is 1.13 bits per heavy atom. The minimum absolute atomic E-state index is 0.171. The van der Waals surface area contributed by atoms with Crippen molar-refractivity contribution < 1.29 is 23.9 Å². The molecule has 0 saturated carbocycles. The van der Waals surface area contributed by atoms with Gasteiger partial charge in [-0.2, -0.15) is 0 Å². The Labute approximate surface area is 182 Å². The second-order valence-electron chi connectivity index (χ2n) is 7.81. The van der Waals surface area contributed by atoms with E-state index in [0.29, 0.717) is 24.3 Å². The van der Waals surface area contributed by atoms with E-state index in [1.54, 1.807) is 19.2 Å². The fraction of sp³-hybridized carbons (Fsp3) is 0.375. The average molecular weight is 424 g/mol. The van der Waals surface area contributed by atoms with Gasteiger partial charge in [-0.1, -0.05) is 29.8 Å². The summed E-state index contributed by atoms with van der Waals surface area (Å²) in [4.78, 5) is 39.3. The number of esters is 1. The van der Waals surface area contributed by atoms with Crippen LogP contribution in [-0.4, -0.2) is 50.7 Å². The molecule has 2 amide bonds. The largest absolute Gasteiger partial charge is 0.467 e. The molecule has 31 heavy (non-hydrogen) atoms. The molecule has 1 N–H and O–H groups in total. The predicted octanol–water partition coefficient (Wildman–Crippen LogP) is 3.10. The van der Waals surface area contributed by atoms with Gasteiger partial charge < -0.3 is 14.8 Å². The first-order chi connectivity index (χ1) is 14.8. The number of hydrogen-bond donors (Lipinski definition) is 1. The predicted molar refractivity (Wildman–Crippen MR) is 118 cm³/mol. The molecule has 0 aliphatic carbocycles. The third-order valence-electron chi connectivity index (χ3n) is 5.32. The number of aryl methyl sites for hydroxylation is 1. The highest BCUT2D eigenvalue weighted by Crippen LogP contribution is 2.32. The maximum Gasteiger partial charge on any atom is 0.328 e. The summed E-state index contributed by atoms with van der Waals surface area (Å²) in [5, 5.41) is 2.90. The molecule has 1 aliphatic heterocycles. The van der Waals surface area contributed by atoms with Crippen molar-refractivity contribution >= 4 is 23.5 Å². The van der Waals surface area contributed by atoms with Gasteiger partial charge in [-0.25, -0.2) is 4.79 Å². The summed E-state index contributed by atoms with van der Waals surface area (Å²) >= 11 is 0. The first-order valence-corrected chi connectivity index (χ1v) is 10.3. The average Bonchev–Trinajstić information content (AvgIpc) is 3.15. The van der Waals surface area contributed by atoms with E-state index >= 15 is 0 Å². The summed E-state index contributed by atoms with van der Waals surface area (Å²) < 4.78 is 9.99. The van der Waals surface area contributed by atoms with Gasteiger partial charge in [-0.05, 0) is 49.6 Å². The SMILES string of the molecule is COCC(C)NC(=O)c1cc(-c2ccc(C)cc2)cc(N2C(=O)CC[C@H]2C(=O)OC)c1. The highest BCUT2D eigenvalue weighted by Gasteiger charge is 2.38. The van der Waals surface area contributed by atoms with Crippen molar-refractivity contribution in [3.63, 3.8) is 0 Å². The number of hydrogen-bond acceptors (Lipinski definition) is 5. The molecule has 1 aliphatic rings. The number of nitrogens with zero attached hydrogens (tertiary/aromatic N) is 1. The van der Waals surface area contributed by atoms with E-state index in [2.05, 4.69) is 5.32 Å². The standard InChI is InChI=1S/C24H28N2O5/c1-15-5-7-17(8-6-15)18-11-19(23(28)25-16(2)14-30-3)13-20(12-18)26-21(24(29)31-4)9-10-22(26)27/h5-8,11-13,16,21H,9-10,14H2,1-4H3,(H,25,28)/t16?,21-/m0/s1. The monoisotopic (exact) mass is 424 g/mol. The van der Waals surface area contributed by atoms with Gasteiger partial charge in [0, 0.05) is 30.8 Å². The van der Waals surface area contributed by atoms with Crippen LogP contribution in [0.25, 0.3) is 11.1 Å². The van der Waals surface area contributed by atoms with Crippen LogP contribution in [0.15, 0.2) is 42.5 Å². The first kappa shape index (κ1) is 22.5. The Hall–Kier alpha value is -3.19. The van der Waals surface area contributed by atoms with E-state index in [1.165, 1.54) is 12.0 Å². The van der Waals surface area contributed by atoms with Crippen molar-refractivity contribution in [2.45, 2.75) is 38.8 Å². The van der Waals surface area contributed by atoms with Crippen LogP contribution < -0.4 is 10.2 Å². The van der Waals surface area contributed by atoms with E-state index in [1.807, 2.05) is 44.2 Å². The molecule has 1 saturated heterocycles. The Morgan fingerprint density at radius 2 is 1.84 bits per heavy atom.